The number of benzene rings is 2. The number of hydrogen-bond donors (Lipinski definition) is 1. The molecule has 0 saturated heterocycles. The van der Waals surface area contributed by atoms with E-state index in [1.165, 1.54) is 18.7 Å². The summed E-state index contributed by atoms with van der Waals surface area (Å²) < 4.78 is 19.0. The Morgan fingerprint density at radius 1 is 1.12 bits per heavy atom. The van der Waals surface area contributed by atoms with E-state index in [0.29, 0.717) is 12.0 Å². The minimum absolute atomic E-state index is 0.260. The van der Waals surface area contributed by atoms with Crippen LogP contribution in [0.2, 0.25) is 0 Å². The number of hydrazine groups is 1. The molecule has 1 aliphatic rings. The van der Waals surface area contributed by atoms with Crippen LogP contribution >= 0.6 is 0 Å². The largest absolute Gasteiger partial charge is 0.494 e. The lowest BCUT2D eigenvalue weighted by Crippen LogP contribution is -2.34. The van der Waals surface area contributed by atoms with Crippen molar-refractivity contribution in [1.82, 2.24) is 5.43 Å². The minimum atomic E-state index is -0.350. The molecule has 0 spiro atoms. The first-order chi connectivity index (χ1) is 11.5. The van der Waals surface area contributed by atoms with Gasteiger partial charge in [-0.15, -0.1) is 0 Å². The summed E-state index contributed by atoms with van der Waals surface area (Å²) in [5.74, 6) is 0.306. The quantitative estimate of drug-likeness (QED) is 0.869. The van der Waals surface area contributed by atoms with Gasteiger partial charge >= 0.3 is 0 Å². The van der Waals surface area contributed by atoms with Crippen LogP contribution in [0.3, 0.4) is 0 Å². The Kier molecular flexibility index (Phi) is 4.58. The third kappa shape index (κ3) is 3.15. The van der Waals surface area contributed by atoms with Crippen LogP contribution in [0.1, 0.15) is 32.3 Å². The number of ether oxygens (including phenoxy) is 1. The lowest BCUT2D eigenvalue weighted by atomic mass is 9.96. The lowest BCUT2D eigenvalue weighted by Gasteiger charge is -2.24. The standard InChI is InChI=1S/C20H23FN2O/c1-13(2)17-7-5-16(12-19(17)23-10-9-14(3)22-23)15-6-8-20(24-4)18(21)11-15/h5-14,22H,1-4H3. The Bertz CT molecular complexity index is 770. The van der Waals surface area contributed by atoms with E-state index in [1.807, 2.05) is 23.3 Å². The third-order valence-electron chi connectivity index (χ3n) is 4.26. The molecule has 4 heteroatoms. The van der Waals surface area contributed by atoms with Crippen LogP contribution in [0.25, 0.3) is 11.1 Å². The van der Waals surface area contributed by atoms with Gasteiger partial charge in [0.25, 0.3) is 0 Å². The molecule has 1 atom stereocenters. The van der Waals surface area contributed by atoms with Crippen molar-refractivity contribution in [2.75, 3.05) is 12.1 Å². The number of hydrogen-bond acceptors (Lipinski definition) is 3. The Balaban J connectivity index is 2.04. The summed E-state index contributed by atoms with van der Waals surface area (Å²) in [7, 11) is 1.47. The fraction of sp³-hybridized carbons (Fsp3) is 0.300. The van der Waals surface area contributed by atoms with Gasteiger partial charge in [0, 0.05) is 12.2 Å². The van der Waals surface area contributed by atoms with Gasteiger partial charge in [0.05, 0.1) is 12.8 Å². The zero-order chi connectivity index (χ0) is 17.3. The molecule has 1 aliphatic heterocycles. The zero-order valence-corrected chi connectivity index (χ0v) is 14.5. The molecule has 1 heterocycles. The Hall–Kier alpha value is -2.33. The van der Waals surface area contributed by atoms with Gasteiger partial charge in [-0.2, -0.15) is 0 Å². The lowest BCUT2D eigenvalue weighted by molar-refractivity contribution is 0.386. The summed E-state index contributed by atoms with van der Waals surface area (Å²) in [6, 6.07) is 11.6. The second kappa shape index (κ2) is 6.65. The summed E-state index contributed by atoms with van der Waals surface area (Å²) in [4.78, 5) is 0. The summed E-state index contributed by atoms with van der Waals surface area (Å²) in [6.07, 6.45) is 4.16. The van der Waals surface area contributed by atoms with Crippen molar-refractivity contribution < 1.29 is 9.13 Å². The van der Waals surface area contributed by atoms with Gasteiger partial charge < -0.3 is 4.74 Å². The summed E-state index contributed by atoms with van der Waals surface area (Å²) >= 11 is 0. The molecule has 0 aliphatic carbocycles. The minimum Gasteiger partial charge on any atom is -0.494 e. The third-order valence-corrected chi connectivity index (χ3v) is 4.26. The highest BCUT2D eigenvalue weighted by atomic mass is 19.1. The van der Waals surface area contributed by atoms with Crippen LogP contribution in [0.4, 0.5) is 10.1 Å². The molecule has 0 aromatic heterocycles. The average Bonchev–Trinajstić information content (AvgIpc) is 3.00. The predicted octanol–water partition coefficient (Wildman–Crippen LogP) is 4.85. The highest BCUT2D eigenvalue weighted by Gasteiger charge is 2.18. The van der Waals surface area contributed by atoms with Gasteiger partial charge in [0.2, 0.25) is 0 Å². The maximum Gasteiger partial charge on any atom is 0.165 e. The molecule has 1 N–H and O–H groups in total. The first kappa shape index (κ1) is 16.5. The highest BCUT2D eigenvalue weighted by Crippen LogP contribution is 2.34. The Morgan fingerprint density at radius 3 is 2.42 bits per heavy atom. The van der Waals surface area contributed by atoms with E-state index in [0.717, 1.165) is 16.8 Å². The van der Waals surface area contributed by atoms with Crippen molar-refractivity contribution in [3.63, 3.8) is 0 Å². The maximum atomic E-state index is 14.0. The second-order valence-corrected chi connectivity index (χ2v) is 6.41. The van der Waals surface area contributed by atoms with Gasteiger partial charge in [-0.1, -0.05) is 32.0 Å². The fourth-order valence-electron chi connectivity index (χ4n) is 2.94. The van der Waals surface area contributed by atoms with E-state index in [9.17, 15) is 4.39 Å². The number of nitrogens with one attached hydrogen (secondary N) is 1. The molecule has 24 heavy (non-hydrogen) atoms. The van der Waals surface area contributed by atoms with Gasteiger partial charge in [0.15, 0.2) is 11.6 Å². The maximum absolute atomic E-state index is 14.0. The molecule has 3 rings (SSSR count). The topological polar surface area (TPSA) is 24.5 Å². The van der Waals surface area contributed by atoms with Crippen LogP contribution in [0.5, 0.6) is 5.75 Å². The Labute approximate surface area is 142 Å². The van der Waals surface area contributed by atoms with Gasteiger partial charge in [-0.05, 0) is 53.8 Å². The number of rotatable bonds is 4. The van der Waals surface area contributed by atoms with E-state index < -0.39 is 0 Å². The zero-order valence-electron chi connectivity index (χ0n) is 14.5. The highest BCUT2D eigenvalue weighted by molar-refractivity contribution is 5.72. The van der Waals surface area contributed by atoms with Crippen molar-refractivity contribution in [3.8, 4) is 16.9 Å². The SMILES string of the molecule is COc1ccc(-c2ccc(C(C)C)c(N3C=CC(C)N3)c2)cc1F. The molecule has 0 bridgehead atoms. The van der Waals surface area contributed by atoms with Crippen molar-refractivity contribution >= 4 is 5.69 Å². The van der Waals surface area contributed by atoms with Crippen molar-refractivity contribution in [2.24, 2.45) is 0 Å². The smallest absolute Gasteiger partial charge is 0.165 e. The van der Waals surface area contributed by atoms with Crippen molar-refractivity contribution in [2.45, 2.75) is 32.7 Å². The molecule has 0 amide bonds. The summed E-state index contributed by atoms with van der Waals surface area (Å²) in [5.41, 5.74) is 7.56. The summed E-state index contributed by atoms with van der Waals surface area (Å²) in [5, 5.41) is 2.05. The number of nitrogens with zero attached hydrogens (tertiary/aromatic N) is 1. The molecule has 0 saturated carbocycles. The van der Waals surface area contributed by atoms with Crippen LogP contribution in [-0.2, 0) is 0 Å². The van der Waals surface area contributed by atoms with Crippen LogP contribution in [0, 0.1) is 5.82 Å². The van der Waals surface area contributed by atoms with Crippen LogP contribution in [-0.4, -0.2) is 13.2 Å². The van der Waals surface area contributed by atoms with E-state index >= 15 is 0 Å². The predicted molar refractivity (Wildman–Crippen MR) is 96.7 cm³/mol. The van der Waals surface area contributed by atoms with E-state index in [1.54, 1.807) is 6.07 Å². The average molecular weight is 326 g/mol. The molecule has 0 fully saturated rings. The molecule has 0 radical (unpaired) electrons. The molecule has 126 valence electrons. The van der Waals surface area contributed by atoms with Gasteiger partial charge in [-0.25, -0.2) is 9.82 Å². The first-order valence-corrected chi connectivity index (χ1v) is 8.21. The second-order valence-electron chi connectivity index (χ2n) is 6.41. The normalized spacial score (nSPS) is 16.9. The first-order valence-electron chi connectivity index (χ1n) is 8.21. The van der Waals surface area contributed by atoms with Crippen molar-refractivity contribution in [1.29, 1.82) is 0 Å². The van der Waals surface area contributed by atoms with Crippen molar-refractivity contribution in [3.05, 3.63) is 60.1 Å². The molecular formula is C20H23FN2O. The Morgan fingerprint density at radius 2 is 1.83 bits per heavy atom. The van der Waals surface area contributed by atoms with E-state index in [4.69, 9.17) is 4.74 Å². The monoisotopic (exact) mass is 326 g/mol. The molecule has 3 nitrogen and oxygen atoms in total. The van der Waals surface area contributed by atoms with Crippen LogP contribution in [0.15, 0.2) is 48.7 Å². The molecule has 1 unspecified atom stereocenters. The summed E-state index contributed by atoms with van der Waals surface area (Å²) in [6.45, 7) is 6.46. The molecule has 2 aromatic carbocycles. The van der Waals surface area contributed by atoms with E-state index in [2.05, 4.69) is 44.4 Å². The number of methoxy groups -OCH3 is 1. The van der Waals surface area contributed by atoms with Gasteiger partial charge in [-0.3, -0.25) is 5.01 Å². The number of anilines is 1. The van der Waals surface area contributed by atoms with E-state index in [-0.39, 0.29) is 11.6 Å². The number of halogens is 1. The van der Waals surface area contributed by atoms with Crippen LogP contribution < -0.4 is 15.2 Å². The fourth-order valence-corrected chi connectivity index (χ4v) is 2.94. The molecule has 2 aromatic rings. The van der Waals surface area contributed by atoms with Gasteiger partial charge in [0.1, 0.15) is 0 Å². The molecular weight excluding hydrogens is 303 g/mol.